The molecule has 2 aromatic rings. The molecule has 2 heterocycles. The SMILES string of the molecule is CCCNC(c1cncnc1)c1ncccc1Cl. The Kier molecular flexibility index (Phi) is 4.61. The molecular formula is C13H15ClN4. The third kappa shape index (κ3) is 3.03. The van der Waals surface area contributed by atoms with Gasteiger partial charge in [0.2, 0.25) is 0 Å². The second-order valence-electron chi connectivity index (χ2n) is 3.93. The van der Waals surface area contributed by atoms with Crippen LogP contribution in [0.3, 0.4) is 0 Å². The molecule has 0 fully saturated rings. The van der Waals surface area contributed by atoms with Crippen LogP contribution in [-0.2, 0) is 0 Å². The molecule has 0 radical (unpaired) electrons. The van der Waals surface area contributed by atoms with Crippen molar-refractivity contribution in [3.8, 4) is 0 Å². The number of rotatable bonds is 5. The molecule has 0 aliphatic heterocycles. The monoisotopic (exact) mass is 262 g/mol. The first-order valence-electron chi connectivity index (χ1n) is 5.91. The Labute approximate surface area is 111 Å². The zero-order chi connectivity index (χ0) is 12.8. The van der Waals surface area contributed by atoms with E-state index in [1.165, 1.54) is 6.33 Å². The van der Waals surface area contributed by atoms with Gasteiger partial charge in [0.15, 0.2) is 0 Å². The summed E-state index contributed by atoms with van der Waals surface area (Å²) in [5.41, 5.74) is 1.77. The summed E-state index contributed by atoms with van der Waals surface area (Å²) >= 11 is 6.20. The molecule has 1 unspecified atom stereocenters. The van der Waals surface area contributed by atoms with Crippen molar-refractivity contribution >= 4 is 11.6 Å². The smallest absolute Gasteiger partial charge is 0.115 e. The predicted octanol–water partition coefficient (Wildman–Crippen LogP) is 2.61. The van der Waals surface area contributed by atoms with E-state index in [1.807, 2.05) is 12.1 Å². The van der Waals surface area contributed by atoms with Gasteiger partial charge in [-0.2, -0.15) is 0 Å². The van der Waals surface area contributed by atoms with Crippen molar-refractivity contribution in [1.29, 1.82) is 0 Å². The molecule has 2 aromatic heterocycles. The van der Waals surface area contributed by atoms with Crippen molar-refractivity contribution in [2.24, 2.45) is 0 Å². The highest BCUT2D eigenvalue weighted by molar-refractivity contribution is 6.31. The van der Waals surface area contributed by atoms with Crippen molar-refractivity contribution in [2.75, 3.05) is 6.54 Å². The molecule has 0 amide bonds. The van der Waals surface area contributed by atoms with Crippen LogP contribution in [-0.4, -0.2) is 21.5 Å². The topological polar surface area (TPSA) is 50.7 Å². The Bertz CT molecular complexity index is 489. The van der Waals surface area contributed by atoms with Gasteiger partial charge in [-0.1, -0.05) is 18.5 Å². The fourth-order valence-electron chi connectivity index (χ4n) is 1.73. The molecule has 0 saturated carbocycles. The summed E-state index contributed by atoms with van der Waals surface area (Å²) in [4.78, 5) is 12.5. The summed E-state index contributed by atoms with van der Waals surface area (Å²) in [5, 5.41) is 4.06. The zero-order valence-electron chi connectivity index (χ0n) is 10.2. The highest BCUT2D eigenvalue weighted by atomic mass is 35.5. The minimum absolute atomic E-state index is 0.0696. The lowest BCUT2D eigenvalue weighted by atomic mass is 10.1. The maximum atomic E-state index is 6.20. The maximum Gasteiger partial charge on any atom is 0.115 e. The van der Waals surface area contributed by atoms with Gasteiger partial charge in [0, 0.05) is 24.2 Å². The van der Waals surface area contributed by atoms with E-state index in [4.69, 9.17) is 11.6 Å². The van der Waals surface area contributed by atoms with Crippen molar-refractivity contribution in [2.45, 2.75) is 19.4 Å². The predicted molar refractivity (Wildman–Crippen MR) is 71.4 cm³/mol. The normalized spacial score (nSPS) is 12.3. The third-order valence-electron chi connectivity index (χ3n) is 2.57. The molecule has 1 atom stereocenters. The molecule has 1 N–H and O–H groups in total. The molecule has 0 spiro atoms. The van der Waals surface area contributed by atoms with Crippen LogP contribution in [0.4, 0.5) is 0 Å². The summed E-state index contributed by atoms with van der Waals surface area (Å²) in [5.74, 6) is 0. The summed E-state index contributed by atoms with van der Waals surface area (Å²) in [6.07, 6.45) is 7.86. The molecule has 18 heavy (non-hydrogen) atoms. The number of aromatic nitrogens is 3. The van der Waals surface area contributed by atoms with Gasteiger partial charge in [-0.25, -0.2) is 9.97 Å². The van der Waals surface area contributed by atoms with Crippen molar-refractivity contribution < 1.29 is 0 Å². The van der Waals surface area contributed by atoms with Crippen LogP contribution < -0.4 is 5.32 Å². The van der Waals surface area contributed by atoms with E-state index in [2.05, 4.69) is 27.2 Å². The van der Waals surface area contributed by atoms with Crippen LogP contribution in [0.5, 0.6) is 0 Å². The first-order valence-corrected chi connectivity index (χ1v) is 6.29. The fourth-order valence-corrected chi connectivity index (χ4v) is 1.96. The maximum absolute atomic E-state index is 6.20. The molecule has 0 aliphatic carbocycles. The van der Waals surface area contributed by atoms with Crippen LogP contribution in [0, 0.1) is 0 Å². The van der Waals surface area contributed by atoms with Gasteiger partial charge in [0.05, 0.1) is 16.8 Å². The Balaban J connectivity index is 2.34. The number of nitrogens with one attached hydrogen (secondary N) is 1. The molecule has 5 heteroatoms. The van der Waals surface area contributed by atoms with Crippen molar-refractivity contribution in [3.05, 3.63) is 53.3 Å². The lowest BCUT2D eigenvalue weighted by molar-refractivity contribution is 0.583. The lowest BCUT2D eigenvalue weighted by Crippen LogP contribution is -2.24. The highest BCUT2D eigenvalue weighted by Crippen LogP contribution is 2.25. The van der Waals surface area contributed by atoms with Crippen LogP contribution >= 0.6 is 11.6 Å². The third-order valence-corrected chi connectivity index (χ3v) is 2.89. The largest absolute Gasteiger partial charge is 0.305 e. The van der Waals surface area contributed by atoms with Crippen LogP contribution in [0.1, 0.15) is 30.6 Å². The number of pyridine rings is 1. The summed E-state index contributed by atoms with van der Waals surface area (Å²) in [6.45, 7) is 3.00. The number of hydrogen-bond donors (Lipinski definition) is 1. The number of halogens is 1. The van der Waals surface area contributed by atoms with E-state index in [9.17, 15) is 0 Å². The molecule has 94 valence electrons. The second kappa shape index (κ2) is 6.42. The van der Waals surface area contributed by atoms with Crippen molar-refractivity contribution in [3.63, 3.8) is 0 Å². The minimum atomic E-state index is -0.0696. The van der Waals surface area contributed by atoms with Gasteiger partial charge >= 0.3 is 0 Å². The first-order chi connectivity index (χ1) is 8.83. The van der Waals surface area contributed by atoms with Crippen LogP contribution in [0.25, 0.3) is 0 Å². The van der Waals surface area contributed by atoms with Gasteiger partial charge < -0.3 is 5.32 Å². The Hall–Kier alpha value is -1.52. The molecule has 2 rings (SSSR count). The average molecular weight is 263 g/mol. The van der Waals surface area contributed by atoms with Gasteiger partial charge in [-0.3, -0.25) is 4.98 Å². The van der Waals surface area contributed by atoms with Gasteiger partial charge in [-0.15, -0.1) is 0 Å². The lowest BCUT2D eigenvalue weighted by Gasteiger charge is -2.18. The minimum Gasteiger partial charge on any atom is -0.305 e. The summed E-state index contributed by atoms with van der Waals surface area (Å²) in [6, 6.07) is 3.60. The van der Waals surface area contributed by atoms with Gasteiger partial charge in [0.1, 0.15) is 6.33 Å². The number of hydrogen-bond acceptors (Lipinski definition) is 4. The van der Waals surface area contributed by atoms with E-state index in [0.29, 0.717) is 5.02 Å². The standard InChI is InChI=1S/C13H15ClN4/c1-2-5-17-12(10-7-15-9-16-8-10)13-11(14)4-3-6-18-13/h3-4,6-9,12,17H,2,5H2,1H3. The molecule has 0 bridgehead atoms. The highest BCUT2D eigenvalue weighted by Gasteiger charge is 2.17. The zero-order valence-corrected chi connectivity index (χ0v) is 10.9. The van der Waals surface area contributed by atoms with Crippen LogP contribution in [0.15, 0.2) is 37.1 Å². The van der Waals surface area contributed by atoms with E-state index >= 15 is 0 Å². The average Bonchev–Trinajstić information content (AvgIpc) is 2.42. The van der Waals surface area contributed by atoms with Crippen LogP contribution in [0.2, 0.25) is 5.02 Å². The molecule has 0 saturated heterocycles. The van der Waals surface area contributed by atoms with E-state index < -0.39 is 0 Å². The van der Waals surface area contributed by atoms with E-state index in [1.54, 1.807) is 18.6 Å². The number of nitrogens with zero attached hydrogens (tertiary/aromatic N) is 3. The Morgan fingerprint density at radius 3 is 2.78 bits per heavy atom. The van der Waals surface area contributed by atoms with Gasteiger partial charge in [-0.05, 0) is 25.1 Å². The summed E-state index contributed by atoms with van der Waals surface area (Å²) < 4.78 is 0. The Morgan fingerprint density at radius 2 is 2.11 bits per heavy atom. The molecule has 0 aliphatic rings. The first kappa shape index (κ1) is 12.9. The molecule has 0 aromatic carbocycles. The van der Waals surface area contributed by atoms with Crippen molar-refractivity contribution in [1.82, 2.24) is 20.3 Å². The second-order valence-corrected chi connectivity index (χ2v) is 4.34. The quantitative estimate of drug-likeness (QED) is 0.900. The van der Waals surface area contributed by atoms with Gasteiger partial charge in [0.25, 0.3) is 0 Å². The molecular weight excluding hydrogens is 248 g/mol. The van der Waals surface area contributed by atoms with E-state index in [-0.39, 0.29) is 6.04 Å². The molecule has 4 nitrogen and oxygen atoms in total. The fraction of sp³-hybridized carbons (Fsp3) is 0.308. The van der Waals surface area contributed by atoms with E-state index in [0.717, 1.165) is 24.2 Å². The summed E-state index contributed by atoms with van der Waals surface area (Å²) in [7, 11) is 0. The Morgan fingerprint density at radius 1 is 1.33 bits per heavy atom.